The van der Waals surface area contributed by atoms with Crippen LogP contribution in [-0.2, 0) is 12.8 Å². The molecule has 3 rings (SSSR count). The van der Waals surface area contributed by atoms with Crippen molar-refractivity contribution in [2.45, 2.75) is 31.8 Å². The standard InChI is InChI=1S/C28H28O2/c1-2-3-12-23-19-18-22(20-26(23)21-29)11-7-8-13-24-14-9-10-17-27(24)28(30)25-15-5-4-6-16-25/h2,4-7,9-11,14-21,28,30H,1,3,8,12-13H2/b11-7+. The summed E-state index contributed by atoms with van der Waals surface area (Å²) in [5, 5.41) is 10.8. The highest BCUT2D eigenvalue weighted by Crippen LogP contribution is 2.26. The van der Waals surface area contributed by atoms with Gasteiger partial charge in [0.15, 0.2) is 0 Å². The Labute approximate surface area is 179 Å². The second-order valence-electron chi connectivity index (χ2n) is 7.36. The lowest BCUT2D eigenvalue weighted by Gasteiger charge is -2.15. The number of benzene rings is 3. The molecule has 0 spiro atoms. The summed E-state index contributed by atoms with van der Waals surface area (Å²) < 4.78 is 0. The fourth-order valence-corrected chi connectivity index (χ4v) is 3.61. The summed E-state index contributed by atoms with van der Waals surface area (Å²) in [5.74, 6) is 0. The fourth-order valence-electron chi connectivity index (χ4n) is 3.61. The van der Waals surface area contributed by atoms with Crippen LogP contribution in [0, 0.1) is 0 Å². The van der Waals surface area contributed by atoms with Gasteiger partial charge >= 0.3 is 0 Å². The minimum absolute atomic E-state index is 0.621. The van der Waals surface area contributed by atoms with Crippen molar-refractivity contribution >= 4 is 12.4 Å². The molecule has 0 aromatic heterocycles. The third kappa shape index (κ3) is 5.65. The molecule has 3 aromatic rings. The molecule has 0 amide bonds. The Morgan fingerprint density at radius 2 is 1.60 bits per heavy atom. The van der Waals surface area contributed by atoms with Crippen LogP contribution in [0.2, 0.25) is 0 Å². The predicted molar refractivity (Wildman–Crippen MR) is 125 cm³/mol. The van der Waals surface area contributed by atoms with Crippen LogP contribution in [0.4, 0.5) is 0 Å². The Kier molecular flexibility index (Phi) is 7.94. The van der Waals surface area contributed by atoms with E-state index < -0.39 is 6.10 Å². The zero-order valence-corrected chi connectivity index (χ0v) is 17.2. The van der Waals surface area contributed by atoms with Crippen LogP contribution < -0.4 is 0 Å². The first kappa shape index (κ1) is 21.5. The van der Waals surface area contributed by atoms with Crippen LogP contribution in [0.15, 0.2) is 91.5 Å². The van der Waals surface area contributed by atoms with Gasteiger partial charge in [-0.05, 0) is 59.6 Å². The number of aldehydes is 1. The van der Waals surface area contributed by atoms with Gasteiger partial charge in [0, 0.05) is 5.56 Å². The van der Waals surface area contributed by atoms with Gasteiger partial charge in [0.2, 0.25) is 0 Å². The van der Waals surface area contributed by atoms with Gasteiger partial charge in [0.25, 0.3) is 0 Å². The molecular weight excluding hydrogens is 368 g/mol. The highest BCUT2D eigenvalue weighted by molar-refractivity contribution is 5.79. The number of hydrogen-bond donors (Lipinski definition) is 1. The van der Waals surface area contributed by atoms with Gasteiger partial charge in [-0.2, -0.15) is 0 Å². The highest BCUT2D eigenvalue weighted by Gasteiger charge is 2.13. The summed E-state index contributed by atoms with van der Waals surface area (Å²) in [6.07, 6.45) is 9.75. The molecule has 1 N–H and O–H groups in total. The number of aliphatic hydroxyl groups excluding tert-OH is 1. The molecule has 0 aliphatic heterocycles. The smallest absolute Gasteiger partial charge is 0.150 e. The topological polar surface area (TPSA) is 37.3 Å². The molecule has 0 heterocycles. The molecule has 0 aliphatic rings. The van der Waals surface area contributed by atoms with E-state index in [1.807, 2.05) is 66.7 Å². The third-order valence-electron chi connectivity index (χ3n) is 5.27. The van der Waals surface area contributed by atoms with Crippen LogP contribution >= 0.6 is 0 Å². The number of aliphatic hydroxyl groups is 1. The average Bonchev–Trinajstić information content (AvgIpc) is 2.81. The highest BCUT2D eigenvalue weighted by atomic mass is 16.3. The summed E-state index contributed by atoms with van der Waals surface area (Å²) in [4.78, 5) is 11.4. The van der Waals surface area contributed by atoms with Gasteiger partial charge < -0.3 is 5.11 Å². The monoisotopic (exact) mass is 396 g/mol. The zero-order valence-electron chi connectivity index (χ0n) is 17.2. The Balaban J connectivity index is 1.66. The molecule has 30 heavy (non-hydrogen) atoms. The quantitative estimate of drug-likeness (QED) is 0.320. The Hall–Kier alpha value is -3.23. The fraction of sp³-hybridized carbons (Fsp3) is 0.179. The third-order valence-corrected chi connectivity index (χ3v) is 5.27. The Morgan fingerprint density at radius 1 is 0.867 bits per heavy atom. The molecule has 3 aromatic carbocycles. The maximum absolute atomic E-state index is 11.4. The predicted octanol–water partition coefficient (Wildman–Crippen LogP) is 6.35. The van der Waals surface area contributed by atoms with Crippen molar-refractivity contribution in [2.24, 2.45) is 0 Å². The number of hydrogen-bond acceptors (Lipinski definition) is 2. The molecule has 0 saturated heterocycles. The van der Waals surface area contributed by atoms with Crippen LogP contribution in [0.1, 0.15) is 57.1 Å². The molecule has 1 unspecified atom stereocenters. The number of rotatable bonds is 10. The first-order valence-corrected chi connectivity index (χ1v) is 10.4. The first-order chi connectivity index (χ1) is 14.7. The van der Waals surface area contributed by atoms with Gasteiger partial charge in [-0.1, -0.05) is 85.0 Å². The van der Waals surface area contributed by atoms with E-state index in [2.05, 4.69) is 30.9 Å². The lowest BCUT2D eigenvalue weighted by atomic mass is 9.94. The molecule has 0 radical (unpaired) electrons. The molecule has 152 valence electrons. The van der Waals surface area contributed by atoms with Gasteiger partial charge in [0.05, 0.1) is 0 Å². The SMILES string of the molecule is C=CCCc1ccc(/C=C/CCc2ccccc2C(O)c2ccccc2)cc1C=O. The van der Waals surface area contributed by atoms with Crippen LogP contribution in [0.25, 0.3) is 6.08 Å². The van der Waals surface area contributed by atoms with E-state index in [4.69, 9.17) is 0 Å². The lowest BCUT2D eigenvalue weighted by Crippen LogP contribution is -2.03. The number of carbonyl (C=O) groups is 1. The Bertz CT molecular complexity index is 1000. The molecule has 0 aliphatic carbocycles. The van der Waals surface area contributed by atoms with Gasteiger partial charge in [-0.25, -0.2) is 0 Å². The summed E-state index contributed by atoms with van der Waals surface area (Å²) in [6, 6.07) is 23.8. The molecule has 0 fully saturated rings. The molecule has 1 atom stereocenters. The van der Waals surface area contributed by atoms with Crippen molar-refractivity contribution in [2.75, 3.05) is 0 Å². The summed E-state index contributed by atoms with van der Waals surface area (Å²) in [7, 11) is 0. The molecule has 2 nitrogen and oxygen atoms in total. The summed E-state index contributed by atoms with van der Waals surface area (Å²) in [6.45, 7) is 3.74. The van der Waals surface area contributed by atoms with Crippen molar-refractivity contribution in [3.8, 4) is 0 Å². The summed E-state index contributed by atoms with van der Waals surface area (Å²) in [5.41, 5.74) is 5.83. The average molecular weight is 397 g/mol. The number of allylic oxidation sites excluding steroid dienone is 2. The molecular formula is C28H28O2. The molecule has 2 heteroatoms. The van der Waals surface area contributed by atoms with E-state index in [-0.39, 0.29) is 0 Å². The van der Waals surface area contributed by atoms with E-state index in [1.54, 1.807) is 0 Å². The van der Waals surface area contributed by atoms with Crippen molar-refractivity contribution < 1.29 is 9.90 Å². The maximum atomic E-state index is 11.4. The van der Waals surface area contributed by atoms with E-state index in [0.29, 0.717) is 0 Å². The van der Waals surface area contributed by atoms with E-state index in [0.717, 1.165) is 65.4 Å². The minimum Gasteiger partial charge on any atom is -0.384 e. The largest absolute Gasteiger partial charge is 0.384 e. The van der Waals surface area contributed by atoms with Crippen LogP contribution in [-0.4, -0.2) is 11.4 Å². The molecule has 0 bridgehead atoms. The van der Waals surface area contributed by atoms with E-state index >= 15 is 0 Å². The van der Waals surface area contributed by atoms with Gasteiger partial charge in [-0.3, -0.25) is 4.79 Å². The van der Waals surface area contributed by atoms with Crippen molar-refractivity contribution in [1.82, 2.24) is 0 Å². The second kappa shape index (κ2) is 11.1. The lowest BCUT2D eigenvalue weighted by molar-refractivity contribution is 0.112. The number of aryl methyl sites for hydroxylation is 2. The normalized spacial score (nSPS) is 12.0. The second-order valence-corrected chi connectivity index (χ2v) is 7.36. The van der Waals surface area contributed by atoms with Crippen LogP contribution in [0.3, 0.4) is 0 Å². The van der Waals surface area contributed by atoms with Gasteiger partial charge in [-0.15, -0.1) is 6.58 Å². The van der Waals surface area contributed by atoms with Gasteiger partial charge in [0.1, 0.15) is 12.4 Å². The van der Waals surface area contributed by atoms with Crippen molar-refractivity contribution in [3.05, 3.63) is 125 Å². The number of carbonyl (C=O) groups excluding carboxylic acids is 1. The van der Waals surface area contributed by atoms with Crippen molar-refractivity contribution in [3.63, 3.8) is 0 Å². The molecule has 0 saturated carbocycles. The Morgan fingerprint density at radius 3 is 2.37 bits per heavy atom. The maximum Gasteiger partial charge on any atom is 0.150 e. The van der Waals surface area contributed by atoms with E-state index in [9.17, 15) is 9.90 Å². The first-order valence-electron chi connectivity index (χ1n) is 10.4. The zero-order chi connectivity index (χ0) is 21.2. The summed E-state index contributed by atoms with van der Waals surface area (Å²) >= 11 is 0. The van der Waals surface area contributed by atoms with E-state index in [1.165, 1.54) is 0 Å². The van der Waals surface area contributed by atoms with Crippen LogP contribution in [0.5, 0.6) is 0 Å². The minimum atomic E-state index is -0.621. The van der Waals surface area contributed by atoms with Crippen molar-refractivity contribution in [1.29, 1.82) is 0 Å².